The Labute approximate surface area is 62.0 Å². The van der Waals surface area contributed by atoms with Crippen molar-refractivity contribution in [1.82, 2.24) is 9.97 Å². The number of hydrogen-bond acceptors (Lipinski definition) is 2. The molecule has 4 heteroatoms. The highest BCUT2D eigenvalue weighted by Crippen LogP contribution is 2.17. The molecule has 2 aromatic heterocycles. The van der Waals surface area contributed by atoms with Crippen LogP contribution in [-0.4, -0.2) is 9.97 Å². The highest BCUT2D eigenvalue weighted by Gasteiger charge is 2.01. The predicted molar refractivity (Wildman–Crippen MR) is 40.5 cm³/mol. The van der Waals surface area contributed by atoms with Crippen LogP contribution >= 0.6 is 0 Å². The third kappa shape index (κ3) is 0.832. The first-order valence-electron chi connectivity index (χ1n) is 3.15. The molecule has 0 radical (unpaired) electrons. The Bertz CT molecular complexity index is 393. The normalized spacial score (nSPS) is 10.6. The third-order valence-electron chi connectivity index (χ3n) is 1.51. The molecule has 11 heavy (non-hydrogen) atoms. The van der Waals surface area contributed by atoms with Crippen LogP contribution in [0.3, 0.4) is 0 Å². The molecule has 2 aromatic rings. The van der Waals surface area contributed by atoms with Crippen LogP contribution in [0, 0.1) is 5.82 Å². The molecular formula is C7H6FN3. The van der Waals surface area contributed by atoms with E-state index in [1.54, 1.807) is 6.20 Å². The van der Waals surface area contributed by atoms with Gasteiger partial charge in [0.1, 0.15) is 11.3 Å². The van der Waals surface area contributed by atoms with E-state index in [0.29, 0.717) is 16.7 Å². The van der Waals surface area contributed by atoms with Crippen molar-refractivity contribution in [3.8, 4) is 0 Å². The van der Waals surface area contributed by atoms with Gasteiger partial charge in [0, 0.05) is 12.3 Å². The van der Waals surface area contributed by atoms with Gasteiger partial charge in [0.25, 0.3) is 0 Å². The molecule has 3 nitrogen and oxygen atoms in total. The summed E-state index contributed by atoms with van der Waals surface area (Å²) in [4.78, 5) is 6.61. The van der Waals surface area contributed by atoms with Crippen LogP contribution in [0.1, 0.15) is 0 Å². The number of hydrogen-bond donors (Lipinski definition) is 2. The maximum atomic E-state index is 12.5. The molecule has 0 fully saturated rings. The van der Waals surface area contributed by atoms with Crippen LogP contribution in [0.5, 0.6) is 0 Å². The number of anilines is 1. The molecular weight excluding hydrogens is 145 g/mol. The molecule has 0 unspecified atom stereocenters. The summed E-state index contributed by atoms with van der Waals surface area (Å²) in [5.41, 5.74) is 7.30. The minimum absolute atomic E-state index is 0.362. The van der Waals surface area contributed by atoms with Crippen LogP contribution < -0.4 is 5.73 Å². The van der Waals surface area contributed by atoms with Gasteiger partial charge in [0.2, 0.25) is 0 Å². The minimum Gasteiger partial charge on any atom is -0.396 e. The van der Waals surface area contributed by atoms with E-state index in [1.807, 2.05) is 0 Å². The van der Waals surface area contributed by atoms with E-state index in [9.17, 15) is 4.39 Å². The summed E-state index contributed by atoms with van der Waals surface area (Å²) in [7, 11) is 0. The topological polar surface area (TPSA) is 54.7 Å². The summed E-state index contributed by atoms with van der Waals surface area (Å²) >= 11 is 0. The maximum absolute atomic E-state index is 12.5. The minimum atomic E-state index is -0.362. The summed E-state index contributed by atoms with van der Waals surface area (Å²) in [5.74, 6) is -0.362. The van der Waals surface area contributed by atoms with Gasteiger partial charge >= 0.3 is 0 Å². The van der Waals surface area contributed by atoms with Gasteiger partial charge in [-0.05, 0) is 0 Å². The fourth-order valence-corrected chi connectivity index (χ4v) is 1.00. The van der Waals surface area contributed by atoms with Crippen LogP contribution in [0.25, 0.3) is 11.0 Å². The van der Waals surface area contributed by atoms with Gasteiger partial charge in [0.15, 0.2) is 0 Å². The van der Waals surface area contributed by atoms with E-state index >= 15 is 0 Å². The molecule has 0 saturated heterocycles. The lowest BCUT2D eigenvalue weighted by molar-refractivity contribution is 0.624. The average molecular weight is 151 g/mol. The van der Waals surface area contributed by atoms with Crippen molar-refractivity contribution >= 4 is 16.7 Å². The first-order valence-corrected chi connectivity index (χ1v) is 3.15. The fraction of sp³-hybridized carbons (Fsp3) is 0. The smallest absolute Gasteiger partial charge is 0.143 e. The maximum Gasteiger partial charge on any atom is 0.143 e. The number of aromatic amines is 1. The number of nitrogens with two attached hydrogens (primary N) is 1. The molecule has 0 aliphatic heterocycles. The van der Waals surface area contributed by atoms with Gasteiger partial charge in [0.05, 0.1) is 17.4 Å². The van der Waals surface area contributed by atoms with Crippen LogP contribution in [0.15, 0.2) is 18.5 Å². The number of H-pyrrole nitrogens is 1. The number of fused-ring (bicyclic) bond motifs is 1. The van der Waals surface area contributed by atoms with Gasteiger partial charge in [-0.25, -0.2) is 9.37 Å². The lowest BCUT2D eigenvalue weighted by atomic mass is 10.3. The zero-order valence-corrected chi connectivity index (χ0v) is 5.63. The Morgan fingerprint density at radius 1 is 1.55 bits per heavy atom. The molecule has 0 bridgehead atoms. The van der Waals surface area contributed by atoms with Gasteiger partial charge in [-0.1, -0.05) is 0 Å². The van der Waals surface area contributed by atoms with Crippen molar-refractivity contribution in [3.63, 3.8) is 0 Å². The summed E-state index contributed by atoms with van der Waals surface area (Å²) in [5, 5.41) is 0. The van der Waals surface area contributed by atoms with Gasteiger partial charge in [-0.15, -0.1) is 0 Å². The van der Waals surface area contributed by atoms with E-state index in [1.165, 1.54) is 6.07 Å². The molecule has 0 aliphatic rings. The average Bonchev–Trinajstić information content (AvgIpc) is 2.32. The zero-order valence-electron chi connectivity index (χ0n) is 5.63. The molecule has 3 N–H and O–H groups in total. The molecule has 56 valence electrons. The molecule has 0 spiro atoms. The molecule has 2 heterocycles. The number of nitrogens with zero attached hydrogens (tertiary/aromatic N) is 1. The third-order valence-corrected chi connectivity index (χ3v) is 1.51. The quantitative estimate of drug-likeness (QED) is 0.596. The Hall–Kier alpha value is -1.58. The molecule has 0 atom stereocenters. The van der Waals surface area contributed by atoms with Gasteiger partial charge in [-0.2, -0.15) is 0 Å². The van der Waals surface area contributed by atoms with Crippen molar-refractivity contribution in [2.24, 2.45) is 0 Å². The largest absolute Gasteiger partial charge is 0.396 e. The summed E-state index contributed by atoms with van der Waals surface area (Å²) in [6.45, 7) is 0. The van der Waals surface area contributed by atoms with E-state index in [-0.39, 0.29) is 5.82 Å². The van der Waals surface area contributed by atoms with Crippen molar-refractivity contribution in [2.75, 3.05) is 5.73 Å². The highest BCUT2D eigenvalue weighted by atomic mass is 19.1. The summed E-state index contributed by atoms with van der Waals surface area (Å²) < 4.78 is 12.5. The molecule has 0 aromatic carbocycles. The van der Waals surface area contributed by atoms with E-state index in [0.717, 1.165) is 6.20 Å². The standard InChI is InChI=1S/C7H6FN3/c8-4-1-6-7(11-2-4)5(9)3-10-6/h1-3,10H,9H2. The Morgan fingerprint density at radius 3 is 3.18 bits per heavy atom. The number of nitrogen functional groups attached to an aromatic ring is 1. The van der Waals surface area contributed by atoms with Crippen molar-refractivity contribution < 1.29 is 4.39 Å². The Balaban J connectivity index is 2.86. The monoisotopic (exact) mass is 151 g/mol. The lowest BCUT2D eigenvalue weighted by Gasteiger charge is -1.89. The number of aromatic nitrogens is 2. The highest BCUT2D eigenvalue weighted by molar-refractivity contribution is 5.86. The van der Waals surface area contributed by atoms with E-state index in [4.69, 9.17) is 5.73 Å². The fourth-order valence-electron chi connectivity index (χ4n) is 1.00. The molecule has 0 saturated carbocycles. The Kier molecular flexibility index (Phi) is 1.09. The van der Waals surface area contributed by atoms with Crippen molar-refractivity contribution in [2.45, 2.75) is 0 Å². The number of halogens is 1. The van der Waals surface area contributed by atoms with Crippen LogP contribution in [0.2, 0.25) is 0 Å². The molecule has 0 aliphatic carbocycles. The molecule has 0 amide bonds. The SMILES string of the molecule is Nc1c[nH]c2cc(F)cnc12. The number of pyridine rings is 1. The second-order valence-electron chi connectivity index (χ2n) is 2.29. The second kappa shape index (κ2) is 1.95. The Morgan fingerprint density at radius 2 is 2.36 bits per heavy atom. The summed E-state index contributed by atoms with van der Waals surface area (Å²) in [6, 6.07) is 1.36. The van der Waals surface area contributed by atoms with E-state index < -0.39 is 0 Å². The zero-order chi connectivity index (χ0) is 7.84. The van der Waals surface area contributed by atoms with Crippen LogP contribution in [-0.2, 0) is 0 Å². The first-order chi connectivity index (χ1) is 5.27. The van der Waals surface area contributed by atoms with Gasteiger partial charge < -0.3 is 10.7 Å². The van der Waals surface area contributed by atoms with Crippen LogP contribution in [0.4, 0.5) is 10.1 Å². The number of rotatable bonds is 0. The van der Waals surface area contributed by atoms with Crippen molar-refractivity contribution in [3.05, 3.63) is 24.3 Å². The number of nitrogens with one attached hydrogen (secondary N) is 1. The molecule has 2 rings (SSSR count). The van der Waals surface area contributed by atoms with Crippen molar-refractivity contribution in [1.29, 1.82) is 0 Å². The van der Waals surface area contributed by atoms with Gasteiger partial charge in [-0.3, -0.25) is 0 Å². The first kappa shape index (κ1) is 6.15. The summed E-state index contributed by atoms with van der Waals surface area (Å²) in [6.07, 6.45) is 2.74. The predicted octanol–water partition coefficient (Wildman–Crippen LogP) is 1.28. The lowest BCUT2D eigenvalue weighted by Crippen LogP contribution is -1.83. The second-order valence-corrected chi connectivity index (χ2v) is 2.29. The van der Waals surface area contributed by atoms with E-state index in [2.05, 4.69) is 9.97 Å².